The van der Waals surface area contributed by atoms with Crippen LogP contribution in [0.2, 0.25) is 0 Å². The lowest BCUT2D eigenvalue weighted by Crippen LogP contribution is -2.24. The second-order valence-corrected chi connectivity index (χ2v) is 6.36. The van der Waals surface area contributed by atoms with E-state index in [1.54, 1.807) is 6.07 Å². The van der Waals surface area contributed by atoms with Crippen molar-refractivity contribution in [1.82, 2.24) is 4.72 Å². The summed E-state index contributed by atoms with van der Waals surface area (Å²) in [5.41, 5.74) is 0.234. The monoisotopic (exact) mass is 324 g/mol. The summed E-state index contributed by atoms with van der Waals surface area (Å²) in [4.78, 5) is 9.89. The molecule has 116 valence electrons. The van der Waals surface area contributed by atoms with E-state index < -0.39 is 20.8 Å². The average Bonchev–Trinajstić information content (AvgIpc) is 2.46. The van der Waals surface area contributed by atoms with Crippen LogP contribution in [0.1, 0.15) is 11.1 Å². The van der Waals surface area contributed by atoms with Gasteiger partial charge in [0.1, 0.15) is 5.82 Å². The predicted octanol–water partition coefficient (Wildman–Crippen LogP) is 2.52. The van der Waals surface area contributed by atoms with Crippen LogP contribution in [-0.2, 0) is 16.6 Å². The molecule has 0 aromatic heterocycles. The van der Waals surface area contributed by atoms with Gasteiger partial charge in [-0.05, 0) is 18.6 Å². The Bertz CT molecular complexity index is 821. The lowest BCUT2D eigenvalue weighted by molar-refractivity contribution is -0.385. The fraction of sp³-hybridized carbons (Fsp3) is 0.143. The number of non-ortho nitro benzene ring substituents is 1. The van der Waals surface area contributed by atoms with Crippen LogP contribution < -0.4 is 4.72 Å². The van der Waals surface area contributed by atoms with Gasteiger partial charge in [0.15, 0.2) is 0 Å². The number of nitrogens with zero attached hydrogens (tertiary/aromatic N) is 1. The highest BCUT2D eigenvalue weighted by Crippen LogP contribution is 2.21. The highest BCUT2D eigenvalue weighted by Gasteiger charge is 2.20. The molecule has 2 rings (SSSR count). The molecule has 0 radical (unpaired) electrons. The van der Waals surface area contributed by atoms with E-state index >= 15 is 0 Å². The van der Waals surface area contributed by atoms with Crippen LogP contribution >= 0.6 is 0 Å². The van der Waals surface area contributed by atoms with Crippen molar-refractivity contribution in [3.05, 3.63) is 69.5 Å². The number of hydrogen-bond donors (Lipinski definition) is 1. The van der Waals surface area contributed by atoms with Crippen LogP contribution in [0.5, 0.6) is 0 Å². The Kier molecular flexibility index (Phi) is 4.53. The first-order valence-corrected chi connectivity index (χ1v) is 7.77. The van der Waals surface area contributed by atoms with Crippen molar-refractivity contribution in [3.63, 3.8) is 0 Å². The van der Waals surface area contributed by atoms with Gasteiger partial charge in [-0.3, -0.25) is 10.1 Å². The van der Waals surface area contributed by atoms with E-state index in [-0.39, 0.29) is 22.7 Å². The third-order valence-corrected chi connectivity index (χ3v) is 4.63. The average molecular weight is 324 g/mol. The highest BCUT2D eigenvalue weighted by atomic mass is 32.2. The molecule has 0 aliphatic rings. The molecule has 2 aromatic carbocycles. The molecule has 0 aliphatic carbocycles. The third kappa shape index (κ3) is 3.46. The molecule has 8 heteroatoms. The Labute approximate surface area is 126 Å². The minimum atomic E-state index is -3.98. The van der Waals surface area contributed by atoms with Crippen molar-refractivity contribution in [2.75, 3.05) is 0 Å². The van der Waals surface area contributed by atoms with E-state index in [9.17, 15) is 22.9 Å². The predicted molar refractivity (Wildman–Crippen MR) is 78.3 cm³/mol. The van der Waals surface area contributed by atoms with E-state index in [1.165, 1.54) is 37.3 Å². The number of nitro benzene ring substituents is 1. The van der Waals surface area contributed by atoms with Crippen molar-refractivity contribution >= 4 is 15.7 Å². The molecule has 0 saturated heterocycles. The number of benzene rings is 2. The van der Waals surface area contributed by atoms with Crippen LogP contribution in [0, 0.1) is 22.9 Å². The Morgan fingerprint density at radius 2 is 1.91 bits per heavy atom. The second kappa shape index (κ2) is 6.20. The van der Waals surface area contributed by atoms with Crippen molar-refractivity contribution in [2.24, 2.45) is 0 Å². The van der Waals surface area contributed by atoms with Gasteiger partial charge < -0.3 is 0 Å². The molecule has 22 heavy (non-hydrogen) atoms. The van der Waals surface area contributed by atoms with Gasteiger partial charge >= 0.3 is 0 Å². The summed E-state index contributed by atoms with van der Waals surface area (Å²) in [6.45, 7) is 1.29. The Balaban J connectivity index is 2.29. The van der Waals surface area contributed by atoms with Gasteiger partial charge in [-0.1, -0.05) is 24.3 Å². The smallest absolute Gasteiger partial charge is 0.258 e. The minimum Gasteiger partial charge on any atom is -0.258 e. The van der Waals surface area contributed by atoms with E-state index in [2.05, 4.69) is 4.72 Å². The molecule has 0 spiro atoms. The third-order valence-electron chi connectivity index (χ3n) is 3.08. The molecule has 0 fully saturated rings. The van der Waals surface area contributed by atoms with Crippen LogP contribution in [0.3, 0.4) is 0 Å². The fourth-order valence-electron chi connectivity index (χ4n) is 1.88. The van der Waals surface area contributed by atoms with E-state index in [0.717, 1.165) is 6.07 Å². The van der Waals surface area contributed by atoms with Crippen molar-refractivity contribution < 1.29 is 17.7 Å². The highest BCUT2D eigenvalue weighted by molar-refractivity contribution is 7.89. The lowest BCUT2D eigenvalue weighted by atomic mass is 10.2. The van der Waals surface area contributed by atoms with Crippen molar-refractivity contribution in [1.29, 1.82) is 0 Å². The van der Waals surface area contributed by atoms with Crippen LogP contribution in [0.15, 0.2) is 47.4 Å². The first-order chi connectivity index (χ1) is 10.3. The summed E-state index contributed by atoms with van der Waals surface area (Å²) < 4.78 is 40.3. The van der Waals surface area contributed by atoms with Crippen molar-refractivity contribution in [3.8, 4) is 0 Å². The minimum absolute atomic E-state index is 0.189. The summed E-state index contributed by atoms with van der Waals surface area (Å²) in [5, 5.41) is 10.8. The van der Waals surface area contributed by atoms with Gasteiger partial charge in [-0.15, -0.1) is 0 Å². The standard InChI is InChI=1S/C14H13FN2O4S/c1-10-6-7-12(17(18)19)8-14(10)22(20,21)16-9-11-4-2-3-5-13(11)15/h2-8,16H,9H2,1H3. The first-order valence-electron chi connectivity index (χ1n) is 6.29. The Morgan fingerprint density at radius 1 is 1.23 bits per heavy atom. The summed E-state index contributed by atoms with van der Waals surface area (Å²) >= 11 is 0. The Hall–Kier alpha value is -2.32. The first kappa shape index (κ1) is 16.1. The molecule has 1 N–H and O–H groups in total. The number of halogens is 1. The van der Waals surface area contributed by atoms with E-state index in [4.69, 9.17) is 0 Å². The molecule has 0 bridgehead atoms. The maximum atomic E-state index is 13.5. The Morgan fingerprint density at radius 3 is 2.55 bits per heavy atom. The van der Waals surface area contributed by atoms with Crippen molar-refractivity contribution in [2.45, 2.75) is 18.4 Å². The maximum Gasteiger partial charge on any atom is 0.270 e. The zero-order chi connectivity index (χ0) is 16.3. The van der Waals surface area contributed by atoms with Gasteiger partial charge in [0.05, 0.1) is 9.82 Å². The topological polar surface area (TPSA) is 89.3 Å². The molecule has 0 amide bonds. The summed E-state index contributed by atoms with van der Waals surface area (Å²) in [6.07, 6.45) is 0. The molecule has 0 unspecified atom stereocenters. The molecular weight excluding hydrogens is 311 g/mol. The van der Waals surface area contributed by atoms with E-state index in [0.29, 0.717) is 5.56 Å². The SMILES string of the molecule is Cc1ccc([N+](=O)[O-])cc1S(=O)(=O)NCc1ccccc1F. The molecule has 0 heterocycles. The lowest BCUT2D eigenvalue weighted by Gasteiger charge is -2.09. The summed E-state index contributed by atoms with van der Waals surface area (Å²) in [5.74, 6) is -0.527. The number of nitrogens with one attached hydrogen (secondary N) is 1. The van der Waals surface area contributed by atoms with Gasteiger partial charge in [-0.2, -0.15) is 0 Å². The maximum absolute atomic E-state index is 13.5. The largest absolute Gasteiger partial charge is 0.270 e. The van der Waals surface area contributed by atoms with Crippen LogP contribution in [-0.4, -0.2) is 13.3 Å². The summed E-state index contributed by atoms with van der Waals surface area (Å²) in [6, 6.07) is 9.34. The quantitative estimate of drug-likeness (QED) is 0.676. The molecular formula is C14H13FN2O4S. The number of nitro groups is 1. The van der Waals surface area contributed by atoms with Crippen LogP contribution in [0.25, 0.3) is 0 Å². The fourth-order valence-corrected chi connectivity index (χ4v) is 3.15. The summed E-state index contributed by atoms with van der Waals surface area (Å²) in [7, 11) is -3.98. The molecule has 0 aliphatic heterocycles. The van der Waals surface area contributed by atoms with Crippen LogP contribution in [0.4, 0.5) is 10.1 Å². The molecule has 2 aromatic rings. The van der Waals surface area contributed by atoms with Gasteiger partial charge in [0.25, 0.3) is 5.69 Å². The van der Waals surface area contributed by atoms with Gasteiger partial charge in [0.2, 0.25) is 10.0 Å². The van der Waals surface area contributed by atoms with E-state index in [1.807, 2.05) is 0 Å². The zero-order valence-corrected chi connectivity index (χ0v) is 12.4. The number of aryl methyl sites for hydroxylation is 1. The number of rotatable bonds is 5. The number of sulfonamides is 1. The van der Waals surface area contributed by atoms with Gasteiger partial charge in [0, 0.05) is 24.2 Å². The molecule has 0 atom stereocenters. The molecule has 6 nitrogen and oxygen atoms in total. The second-order valence-electron chi connectivity index (χ2n) is 4.62. The number of hydrogen-bond acceptors (Lipinski definition) is 4. The van der Waals surface area contributed by atoms with Gasteiger partial charge in [-0.25, -0.2) is 17.5 Å². The molecule has 0 saturated carbocycles. The zero-order valence-electron chi connectivity index (χ0n) is 11.6. The normalized spacial score (nSPS) is 11.4.